The van der Waals surface area contributed by atoms with Gasteiger partial charge in [-0.1, -0.05) is 6.92 Å². The van der Waals surface area contributed by atoms with Crippen LogP contribution in [0.3, 0.4) is 0 Å². The monoisotopic (exact) mass is 292 g/mol. The van der Waals surface area contributed by atoms with Crippen LogP contribution in [-0.2, 0) is 19.6 Å². The number of hydrogen-bond donors (Lipinski definition) is 2. The van der Waals surface area contributed by atoms with Crippen LogP contribution in [0.1, 0.15) is 29.3 Å². The second kappa shape index (κ2) is 7.26. The van der Waals surface area contributed by atoms with E-state index in [-0.39, 0.29) is 6.61 Å². The van der Waals surface area contributed by atoms with Gasteiger partial charge >= 0.3 is 0 Å². The molecule has 108 valence electrons. The Labute approximate surface area is 123 Å². The minimum Gasteiger partial charge on any atom is -0.494 e. The Morgan fingerprint density at radius 3 is 2.85 bits per heavy atom. The van der Waals surface area contributed by atoms with Gasteiger partial charge in [-0.05, 0) is 31.5 Å². The van der Waals surface area contributed by atoms with Crippen LogP contribution in [0.2, 0.25) is 0 Å². The molecule has 5 heteroatoms. The topological polar surface area (TPSA) is 54.4 Å². The molecule has 20 heavy (non-hydrogen) atoms. The molecule has 2 aromatic rings. The molecule has 0 fully saturated rings. The standard InChI is InChI=1S/C15H20N2O2S/c1-3-15-17-9-13(20-15)8-16-12-5-6-14(19-4-2)11(7-12)10-18/h5-7,9,16,18H,3-4,8,10H2,1-2H3. The largest absolute Gasteiger partial charge is 0.494 e. The number of aliphatic hydroxyl groups excluding tert-OH is 1. The smallest absolute Gasteiger partial charge is 0.124 e. The summed E-state index contributed by atoms with van der Waals surface area (Å²) in [6, 6.07) is 5.78. The maximum atomic E-state index is 9.37. The maximum absolute atomic E-state index is 9.37. The van der Waals surface area contributed by atoms with Crippen LogP contribution >= 0.6 is 11.3 Å². The Morgan fingerprint density at radius 1 is 1.35 bits per heavy atom. The van der Waals surface area contributed by atoms with Crippen LogP contribution in [0.15, 0.2) is 24.4 Å². The Kier molecular flexibility index (Phi) is 5.38. The van der Waals surface area contributed by atoms with E-state index in [0.717, 1.165) is 35.0 Å². The highest BCUT2D eigenvalue weighted by molar-refractivity contribution is 7.11. The SMILES string of the molecule is CCOc1ccc(NCc2cnc(CC)s2)cc1CO. The number of aromatic nitrogens is 1. The lowest BCUT2D eigenvalue weighted by molar-refractivity contribution is 0.267. The third-order valence-corrected chi connectivity index (χ3v) is 4.04. The number of benzene rings is 1. The van der Waals surface area contributed by atoms with Crippen molar-refractivity contribution in [3.05, 3.63) is 39.8 Å². The highest BCUT2D eigenvalue weighted by Crippen LogP contribution is 2.24. The molecule has 2 rings (SSSR count). The van der Waals surface area contributed by atoms with Gasteiger partial charge in [0.05, 0.1) is 24.8 Å². The lowest BCUT2D eigenvalue weighted by Gasteiger charge is -2.11. The summed E-state index contributed by atoms with van der Waals surface area (Å²) in [4.78, 5) is 5.55. The van der Waals surface area contributed by atoms with E-state index in [1.54, 1.807) is 11.3 Å². The van der Waals surface area contributed by atoms with Gasteiger partial charge in [-0.15, -0.1) is 11.3 Å². The summed E-state index contributed by atoms with van der Waals surface area (Å²) in [5.74, 6) is 0.742. The van der Waals surface area contributed by atoms with Crippen molar-refractivity contribution in [2.45, 2.75) is 33.4 Å². The van der Waals surface area contributed by atoms with Crippen LogP contribution < -0.4 is 10.1 Å². The fourth-order valence-electron chi connectivity index (χ4n) is 1.89. The zero-order valence-corrected chi connectivity index (χ0v) is 12.7. The molecular weight excluding hydrogens is 272 g/mol. The van der Waals surface area contributed by atoms with Crippen molar-refractivity contribution in [1.29, 1.82) is 0 Å². The van der Waals surface area contributed by atoms with Crippen molar-refractivity contribution in [3.63, 3.8) is 0 Å². The van der Waals surface area contributed by atoms with Crippen molar-refractivity contribution in [3.8, 4) is 5.75 Å². The molecule has 1 heterocycles. The fraction of sp³-hybridized carbons (Fsp3) is 0.400. The summed E-state index contributed by atoms with van der Waals surface area (Å²) < 4.78 is 5.47. The number of thiazole rings is 1. The summed E-state index contributed by atoms with van der Waals surface area (Å²) in [5, 5.41) is 13.9. The molecule has 0 saturated carbocycles. The number of aryl methyl sites for hydroxylation is 1. The van der Waals surface area contributed by atoms with Gasteiger partial charge in [0.25, 0.3) is 0 Å². The van der Waals surface area contributed by atoms with Crippen molar-refractivity contribution < 1.29 is 9.84 Å². The summed E-state index contributed by atoms with van der Waals surface area (Å²) in [6.07, 6.45) is 2.89. The molecule has 0 radical (unpaired) electrons. The zero-order valence-electron chi connectivity index (χ0n) is 11.8. The number of nitrogens with zero attached hydrogens (tertiary/aromatic N) is 1. The molecule has 0 aliphatic heterocycles. The van der Waals surface area contributed by atoms with Gasteiger partial charge in [0.15, 0.2) is 0 Å². The highest BCUT2D eigenvalue weighted by Gasteiger charge is 2.05. The van der Waals surface area contributed by atoms with Crippen molar-refractivity contribution in [2.24, 2.45) is 0 Å². The Balaban J connectivity index is 2.02. The molecule has 0 aliphatic rings. The van der Waals surface area contributed by atoms with Crippen molar-refractivity contribution in [1.82, 2.24) is 4.98 Å². The summed E-state index contributed by atoms with van der Waals surface area (Å²) in [5.41, 5.74) is 1.78. The molecular formula is C15H20N2O2S. The minimum absolute atomic E-state index is 0.0224. The molecule has 0 aliphatic carbocycles. The van der Waals surface area contributed by atoms with Gasteiger partial charge in [-0.2, -0.15) is 0 Å². The van der Waals surface area contributed by atoms with E-state index in [0.29, 0.717) is 6.61 Å². The molecule has 2 N–H and O–H groups in total. The first-order chi connectivity index (χ1) is 9.76. The molecule has 0 amide bonds. The van der Waals surface area contributed by atoms with E-state index in [4.69, 9.17) is 4.74 Å². The van der Waals surface area contributed by atoms with E-state index < -0.39 is 0 Å². The predicted octanol–water partition coefficient (Wildman–Crippen LogP) is 3.21. The van der Waals surface area contributed by atoms with E-state index >= 15 is 0 Å². The second-order valence-electron chi connectivity index (χ2n) is 4.34. The van der Waals surface area contributed by atoms with Crippen LogP contribution in [0.4, 0.5) is 5.69 Å². The maximum Gasteiger partial charge on any atom is 0.124 e. The predicted molar refractivity (Wildman–Crippen MR) is 82.4 cm³/mol. The lowest BCUT2D eigenvalue weighted by Crippen LogP contribution is -2.01. The van der Waals surface area contributed by atoms with Crippen molar-refractivity contribution in [2.75, 3.05) is 11.9 Å². The summed E-state index contributed by atoms with van der Waals surface area (Å²) in [6.45, 7) is 5.36. The van der Waals surface area contributed by atoms with Crippen LogP contribution in [0.5, 0.6) is 5.75 Å². The van der Waals surface area contributed by atoms with Crippen molar-refractivity contribution >= 4 is 17.0 Å². The number of ether oxygens (including phenoxy) is 1. The normalized spacial score (nSPS) is 10.6. The van der Waals surface area contributed by atoms with Gasteiger partial charge in [0, 0.05) is 22.3 Å². The Bertz CT molecular complexity index is 555. The quantitative estimate of drug-likeness (QED) is 0.823. The van der Waals surface area contributed by atoms with Gasteiger partial charge in [-0.25, -0.2) is 4.98 Å². The van der Waals surface area contributed by atoms with E-state index in [1.165, 1.54) is 4.88 Å². The first kappa shape index (κ1) is 14.8. The van der Waals surface area contributed by atoms with Gasteiger partial charge in [0.1, 0.15) is 5.75 Å². The lowest BCUT2D eigenvalue weighted by atomic mass is 10.2. The average molecular weight is 292 g/mol. The molecule has 4 nitrogen and oxygen atoms in total. The Morgan fingerprint density at radius 2 is 2.20 bits per heavy atom. The van der Waals surface area contributed by atoms with E-state index in [9.17, 15) is 5.11 Å². The molecule has 0 saturated heterocycles. The van der Waals surface area contributed by atoms with E-state index in [2.05, 4.69) is 17.2 Å². The van der Waals surface area contributed by atoms with E-state index in [1.807, 2.05) is 31.3 Å². The second-order valence-corrected chi connectivity index (χ2v) is 5.54. The number of anilines is 1. The third-order valence-electron chi connectivity index (χ3n) is 2.90. The molecule has 0 spiro atoms. The number of aliphatic hydroxyl groups is 1. The molecule has 0 atom stereocenters. The third kappa shape index (κ3) is 3.71. The summed E-state index contributed by atoms with van der Waals surface area (Å²) in [7, 11) is 0. The highest BCUT2D eigenvalue weighted by atomic mass is 32.1. The fourth-order valence-corrected chi connectivity index (χ4v) is 2.69. The molecule has 0 bridgehead atoms. The average Bonchev–Trinajstić information content (AvgIpc) is 2.94. The summed E-state index contributed by atoms with van der Waals surface area (Å²) >= 11 is 1.73. The number of rotatable bonds is 7. The molecule has 1 aromatic carbocycles. The minimum atomic E-state index is -0.0224. The zero-order chi connectivity index (χ0) is 14.4. The van der Waals surface area contributed by atoms with Gasteiger partial charge < -0.3 is 15.2 Å². The van der Waals surface area contributed by atoms with Gasteiger partial charge in [0.2, 0.25) is 0 Å². The molecule has 1 aromatic heterocycles. The van der Waals surface area contributed by atoms with Crippen LogP contribution in [0.25, 0.3) is 0 Å². The molecule has 0 unspecified atom stereocenters. The first-order valence-corrected chi connectivity index (χ1v) is 7.62. The Hall–Kier alpha value is -1.59. The van der Waals surface area contributed by atoms with Crippen LogP contribution in [0, 0.1) is 0 Å². The first-order valence-electron chi connectivity index (χ1n) is 6.80. The number of hydrogen-bond acceptors (Lipinski definition) is 5. The van der Waals surface area contributed by atoms with Crippen LogP contribution in [-0.4, -0.2) is 16.7 Å². The van der Waals surface area contributed by atoms with Gasteiger partial charge in [-0.3, -0.25) is 0 Å². The number of nitrogens with one attached hydrogen (secondary N) is 1.